The molecule has 0 aliphatic heterocycles. The van der Waals surface area contributed by atoms with Gasteiger partial charge in [0.1, 0.15) is 0 Å². The first-order valence-corrected chi connectivity index (χ1v) is 5.16. The summed E-state index contributed by atoms with van der Waals surface area (Å²) in [4.78, 5) is 11.5. The molecule has 0 unspecified atom stereocenters. The van der Waals surface area contributed by atoms with Gasteiger partial charge in [-0.2, -0.15) is 0 Å². The topological polar surface area (TPSA) is 42.2 Å². The number of hydrogen-bond acceptors (Lipinski definition) is 3. The highest BCUT2D eigenvalue weighted by atomic mass is 16.3. The summed E-state index contributed by atoms with van der Waals surface area (Å²) in [7, 11) is 0. The van der Waals surface area contributed by atoms with Gasteiger partial charge in [0.15, 0.2) is 5.76 Å². The molecule has 0 amide bonds. The molecule has 0 spiro atoms. The maximum atomic E-state index is 11.5. The molecule has 1 aromatic heterocycles. The molecule has 1 heterocycles. The largest absolute Gasteiger partial charge is 0.461 e. The summed E-state index contributed by atoms with van der Waals surface area (Å²) < 4.78 is 5.02. The van der Waals surface area contributed by atoms with E-state index in [0.717, 1.165) is 0 Å². The zero-order valence-electron chi connectivity index (χ0n) is 8.16. The van der Waals surface area contributed by atoms with Gasteiger partial charge in [-0.15, -0.1) is 0 Å². The second-order valence-corrected chi connectivity index (χ2v) is 3.76. The Bertz CT molecular complexity index is 286. The molecule has 0 atom stereocenters. The monoisotopic (exact) mass is 193 g/mol. The van der Waals surface area contributed by atoms with Crippen molar-refractivity contribution >= 4 is 5.78 Å². The molecular formula is C11H15NO2. The molecule has 76 valence electrons. The summed E-state index contributed by atoms with van der Waals surface area (Å²) in [5, 5.41) is 3.26. The van der Waals surface area contributed by atoms with Crippen molar-refractivity contribution in [3.05, 3.63) is 24.2 Å². The fraction of sp³-hybridized carbons (Fsp3) is 0.545. The molecule has 2 rings (SSSR count). The maximum absolute atomic E-state index is 11.5. The van der Waals surface area contributed by atoms with Crippen molar-refractivity contribution in [3.8, 4) is 0 Å². The Labute approximate surface area is 83.5 Å². The number of carbonyl (C=O) groups is 1. The van der Waals surface area contributed by atoms with Crippen molar-refractivity contribution in [2.45, 2.75) is 31.7 Å². The van der Waals surface area contributed by atoms with E-state index in [1.807, 2.05) is 0 Å². The lowest BCUT2D eigenvalue weighted by molar-refractivity contribution is 0.0961. The number of hydrogen-bond donors (Lipinski definition) is 1. The van der Waals surface area contributed by atoms with Crippen molar-refractivity contribution in [1.82, 2.24) is 5.32 Å². The lowest BCUT2D eigenvalue weighted by Gasteiger charge is -2.09. The first-order chi connectivity index (χ1) is 6.86. The Balaban J connectivity index is 1.78. The van der Waals surface area contributed by atoms with Crippen molar-refractivity contribution in [2.24, 2.45) is 0 Å². The molecular weight excluding hydrogens is 178 g/mol. The van der Waals surface area contributed by atoms with Crippen LogP contribution >= 0.6 is 0 Å². The van der Waals surface area contributed by atoms with Crippen LogP contribution in [0.3, 0.4) is 0 Å². The lowest BCUT2D eigenvalue weighted by Crippen LogP contribution is -2.31. The molecule has 1 aliphatic rings. The summed E-state index contributed by atoms with van der Waals surface area (Å²) in [6.07, 6.45) is 6.50. The van der Waals surface area contributed by atoms with Crippen molar-refractivity contribution in [3.63, 3.8) is 0 Å². The quantitative estimate of drug-likeness (QED) is 0.743. The van der Waals surface area contributed by atoms with Crippen LogP contribution in [0.5, 0.6) is 0 Å². The average molecular weight is 193 g/mol. The van der Waals surface area contributed by atoms with Crippen LogP contribution in [0.15, 0.2) is 22.8 Å². The van der Waals surface area contributed by atoms with Crippen molar-refractivity contribution in [1.29, 1.82) is 0 Å². The molecule has 0 aromatic carbocycles. The molecule has 14 heavy (non-hydrogen) atoms. The SMILES string of the molecule is O=C(CNC1CCCC1)c1ccco1. The molecule has 1 aromatic rings. The molecule has 1 aliphatic carbocycles. The van der Waals surface area contributed by atoms with Gasteiger partial charge in [-0.3, -0.25) is 4.79 Å². The van der Waals surface area contributed by atoms with Gasteiger partial charge in [0.05, 0.1) is 12.8 Å². The Kier molecular flexibility index (Phi) is 2.99. The van der Waals surface area contributed by atoms with Crippen molar-refractivity contribution in [2.75, 3.05) is 6.54 Å². The van der Waals surface area contributed by atoms with E-state index in [4.69, 9.17) is 4.42 Å². The van der Waals surface area contributed by atoms with Crippen LogP contribution in [0.1, 0.15) is 36.2 Å². The minimum Gasteiger partial charge on any atom is -0.461 e. The average Bonchev–Trinajstić information content (AvgIpc) is 2.87. The molecule has 0 saturated heterocycles. The lowest BCUT2D eigenvalue weighted by atomic mass is 10.2. The van der Waals surface area contributed by atoms with Crippen LogP contribution in [0, 0.1) is 0 Å². The summed E-state index contributed by atoms with van der Waals surface area (Å²) in [6.45, 7) is 0.401. The zero-order chi connectivity index (χ0) is 9.80. The minimum atomic E-state index is 0.0434. The Morgan fingerprint density at radius 2 is 2.29 bits per heavy atom. The second-order valence-electron chi connectivity index (χ2n) is 3.76. The van der Waals surface area contributed by atoms with E-state index in [1.54, 1.807) is 12.1 Å². The van der Waals surface area contributed by atoms with Gasteiger partial charge >= 0.3 is 0 Å². The zero-order valence-corrected chi connectivity index (χ0v) is 8.16. The van der Waals surface area contributed by atoms with E-state index in [1.165, 1.54) is 31.9 Å². The highest BCUT2D eigenvalue weighted by Crippen LogP contribution is 2.17. The van der Waals surface area contributed by atoms with E-state index in [-0.39, 0.29) is 5.78 Å². The molecule has 1 fully saturated rings. The predicted octanol–water partition coefficient (Wildman–Crippen LogP) is 1.99. The Morgan fingerprint density at radius 1 is 1.50 bits per heavy atom. The number of rotatable bonds is 4. The summed E-state index contributed by atoms with van der Waals surface area (Å²) in [6, 6.07) is 3.98. The van der Waals surface area contributed by atoms with Gasteiger partial charge in [-0.1, -0.05) is 12.8 Å². The van der Waals surface area contributed by atoms with Gasteiger partial charge < -0.3 is 9.73 Å². The van der Waals surface area contributed by atoms with Gasteiger partial charge in [-0.05, 0) is 25.0 Å². The van der Waals surface area contributed by atoms with E-state index >= 15 is 0 Å². The second kappa shape index (κ2) is 4.42. The third kappa shape index (κ3) is 2.23. The van der Waals surface area contributed by atoms with Gasteiger partial charge in [0.25, 0.3) is 0 Å². The van der Waals surface area contributed by atoms with Crippen LogP contribution in [0.4, 0.5) is 0 Å². The number of ketones is 1. The van der Waals surface area contributed by atoms with Crippen LogP contribution in [-0.2, 0) is 0 Å². The molecule has 3 heteroatoms. The smallest absolute Gasteiger partial charge is 0.211 e. The van der Waals surface area contributed by atoms with E-state index < -0.39 is 0 Å². The normalized spacial score (nSPS) is 17.4. The molecule has 0 radical (unpaired) electrons. The third-order valence-corrected chi connectivity index (χ3v) is 2.70. The highest BCUT2D eigenvalue weighted by molar-refractivity contribution is 5.94. The van der Waals surface area contributed by atoms with E-state index in [0.29, 0.717) is 18.3 Å². The van der Waals surface area contributed by atoms with Crippen LogP contribution in [-0.4, -0.2) is 18.4 Å². The van der Waals surface area contributed by atoms with Crippen LogP contribution in [0.2, 0.25) is 0 Å². The predicted molar refractivity (Wildman–Crippen MR) is 53.3 cm³/mol. The number of carbonyl (C=O) groups excluding carboxylic acids is 1. The van der Waals surface area contributed by atoms with Gasteiger partial charge in [-0.25, -0.2) is 0 Å². The van der Waals surface area contributed by atoms with Crippen LogP contribution < -0.4 is 5.32 Å². The van der Waals surface area contributed by atoms with Gasteiger partial charge in [0, 0.05) is 6.04 Å². The van der Waals surface area contributed by atoms with Gasteiger partial charge in [0.2, 0.25) is 5.78 Å². The number of nitrogens with one attached hydrogen (secondary N) is 1. The summed E-state index contributed by atoms with van der Waals surface area (Å²) >= 11 is 0. The Hall–Kier alpha value is -1.09. The fourth-order valence-electron chi connectivity index (χ4n) is 1.89. The first-order valence-electron chi connectivity index (χ1n) is 5.16. The standard InChI is InChI=1S/C11H15NO2/c13-10(11-6-3-7-14-11)8-12-9-4-1-2-5-9/h3,6-7,9,12H,1-2,4-5,8H2. The molecule has 1 N–H and O–H groups in total. The van der Waals surface area contributed by atoms with Crippen molar-refractivity contribution < 1.29 is 9.21 Å². The third-order valence-electron chi connectivity index (χ3n) is 2.70. The fourth-order valence-corrected chi connectivity index (χ4v) is 1.89. The number of furan rings is 1. The number of Topliss-reactive ketones (excluding diaryl/α,β-unsaturated/α-hetero) is 1. The molecule has 0 bridgehead atoms. The van der Waals surface area contributed by atoms with Crippen LogP contribution in [0.25, 0.3) is 0 Å². The van der Waals surface area contributed by atoms with E-state index in [2.05, 4.69) is 5.32 Å². The summed E-state index contributed by atoms with van der Waals surface area (Å²) in [5.41, 5.74) is 0. The van der Waals surface area contributed by atoms with E-state index in [9.17, 15) is 4.79 Å². The maximum Gasteiger partial charge on any atom is 0.211 e. The Morgan fingerprint density at radius 3 is 2.93 bits per heavy atom. The highest BCUT2D eigenvalue weighted by Gasteiger charge is 2.16. The molecule has 1 saturated carbocycles. The molecule has 3 nitrogen and oxygen atoms in total. The minimum absolute atomic E-state index is 0.0434. The first kappa shape index (κ1) is 9.46. The summed E-state index contributed by atoms with van der Waals surface area (Å²) in [5.74, 6) is 0.498.